The molecule has 0 aromatic heterocycles. The van der Waals surface area contributed by atoms with Crippen LogP contribution in [0.15, 0.2) is 0 Å². The van der Waals surface area contributed by atoms with E-state index in [0.717, 1.165) is 13.0 Å². The highest BCUT2D eigenvalue weighted by Crippen LogP contribution is 1.87. The molecule has 0 rings (SSSR count). The fourth-order valence-corrected chi connectivity index (χ4v) is 0.668. The molecule has 0 saturated heterocycles. The molecular formula is C4H9FIN. The highest BCUT2D eigenvalue weighted by Gasteiger charge is 1.81. The van der Waals surface area contributed by atoms with Gasteiger partial charge in [0.25, 0.3) is 0 Å². The number of halogens is 2. The van der Waals surface area contributed by atoms with Crippen molar-refractivity contribution in [3.05, 3.63) is 0 Å². The zero-order valence-electron chi connectivity index (χ0n) is 4.08. The SMILES string of the molecule is FCCCCNI. The number of hydrogen-bond donors (Lipinski definition) is 1. The second-order valence-electron chi connectivity index (χ2n) is 1.28. The lowest BCUT2D eigenvalue weighted by molar-refractivity contribution is 0.463. The topological polar surface area (TPSA) is 12.0 Å². The van der Waals surface area contributed by atoms with Crippen molar-refractivity contribution in [2.24, 2.45) is 0 Å². The molecule has 0 atom stereocenters. The minimum atomic E-state index is -0.182. The van der Waals surface area contributed by atoms with Gasteiger partial charge in [-0.05, 0) is 12.8 Å². The first-order chi connectivity index (χ1) is 3.41. The molecule has 0 spiro atoms. The van der Waals surface area contributed by atoms with Crippen LogP contribution < -0.4 is 3.53 Å². The molecule has 3 heteroatoms. The molecule has 1 N–H and O–H groups in total. The number of unbranched alkanes of at least 4 members (excludes halogenated alkanes) is 1. The highest BCUT2D eigenvalue weighted by atomic mass is 127. The first-order valence-electron chi connectivity index (χ1n) is 2.31. The van der Waals surface area contributed by atoms with E-state index in [-0.39, 0.29) is 6.67 Å². The van der Waals surface area contributed by atoms with E-state index < -0.39 is 0 Å². The number of rotatable bonds is 4. The predicted octanol–water partition coefficient (Wildman–Crippen LogP) is 1.68. The molecule has 0 amide bonds. The van der Waals surface area contributed by atoms with Crippen LogP contribution in [0.1, 0.15) is 12.8 Å². The Balaban J connectivity index is 2.45. The Morgan fingerprint density at radius 3 is 2.57 bits per heavy atom. The van der Waals surface area contributed by atoms with Crippen molar-refractivity contribution in [1.29, 1.82) is 0 Å². The van der Waals surface area contributed by atoms with Crippen LogP contribution in [-0.4, -0.2) is 13.2 Å². The van der Waals surface area contributed by atoms with Gasteiger partial charge in [-0.25, -0.2) is 0 Å². The van der Waals surface area contributed by atoms with E-state index in [9.17, 15) is 4.39 Å². The third-order valence-electron chi connectivity index (χ3n) is 0.655. The molecule has 0 unspecified atom stereocenters. The zero-order chi connectivity index (χ0) is 5.54. The van der Waals surface area contributed by atoms with E-state index in [1.807, 2.05) is 0 Å². The summed E-state index contributed by atoms with van der Waals surface area (Å²) in [7, 11) is 0. The summed E-state index contributed by atoms with van der Waals surface area (Å²) in [6, 6.07) is 0. The first kappa shape index (κ1) is 7.62. The maximum atomic E-state index is 11.3. The van der Waals surface area contributed by atoms with Crippen molar-refractivity contribution >= 4 is 22.9 Å². The van der Waals surface area contributed by atoms with Gasteiger partial charge in [0.05, 0.1) is 6.67 Å². The van der Waals surface area contributed by atoms with Crippen molar-refractivity contribution in [2.75, 3.05) is 13.2 Å². The molecule has 0 aliphatic rings. The minimum absolute atomic E-state index is 0.182. The van der Waals surface area contributed by atoms with Crippen LogP contribution in [-0.2, 0) is 0 Å². The van der Waals surface area contributed by atoms with Crippen LogP contribution in [0.5, 0.6) is 0 Å². The molecule has 0 aliphatic carbocycles. The highest BCUT2D eigenvalue weighted by molar-refractivity contribution is 14.1. The van der Waals surface area contributed by atoms with Crippen molar-refractivity contribution in [2.45, 2.75) is 12.8 Å². The summed E-state index contributed by atoms with van der Waals surface area (Å²) in [5.74, 6) is 0. The molecular weight excluding hydrogens is 208 g/mol. The van der Waals surface area contributed by atoms with Crippen LogP contribution in [0.25, 0.3) is 0 Å². The maximum absolute atomic E-state index is 11.3. The zero-order valence-corrected chi connectivity index (χ0v) is 6.24. The summed E-state index contributed by atoms with van der Waals surface area (Å²) in [5.41, 5.74) is 0. The fraction of sp³-hybridized carbons (Fsp3) is 1.00. The summed E-state index contributed by atoms with van der Waals surface area (Å²) in [5, 5.41) is 0. The second kappa shape index (κ2) is 6.62. The van der Waals surface area contributed by atoms with Gasteiger partial charge in [-0.1, -0.05) is 0 Å². The first-order valence-corrected chi connectivity index (χ1v) is 3.39. The van der Waals surface area contributed by atoms with Gasteiger partial charge in [0.1, 0.15) is 0 Å². The monoisotopic (exact) mass is 217 g/mol. The summed E-state index contributed by atoms with van der Waals surface area (Å²) >= 11 is 2.05. The average molecular weight is 217 g/mol. The Bertz CT molecular complexity index is 30.9. The quantitative estimate of drug-likeness (QED) is 0.429. The van der Waals surface area contributed by atoms with Gasteiger partial charge >= 0.3 is 0 Å². The van der Waals surface area contributed by atoms with E-state index in [1.165, 1.54) is 0 Å². The summed E-state index contributed by atoms with van der Waals surface area (Å²) < 4.78 is 14.2. The Morgan fingerprint density at radius 2 is 2.14 bits per heavy atom. The molecule has 44 valence electrons. The molecule has 7 heavy (non-hydrogen) atoms. The summed E-state index contributed by atoms with van der Waals surface area (Å²) in [6.07, 6.45) is 1.63. The molecule has 0 bridgehead atoms. The second-order valence-corrected chi connectivity index (χ2v) is 2.04. The Morgan fingerprint density at radius 1 is 1.43 bits per heavy atom. The van der Waals surface area contributed by atoms with Gasteiger partial charge in [0.2, 0.25) is 0 Å². The molecule has 1 nitrogen and oxygen atoms in total. The van der Waals surface area contributed by atoms with Gasteiger partial charge in [-0.2, -0.15) is 0 Å². The summed E-state index contributed by atoms with van der Waals surface area (Å²) in [4.78, 5) is 0. The van der Waals surface area contributed by atoms with Gasteiger partial charge in [0.15, 0.2) is 0 Å². The van der Waals surface area contributed by atoms with Gasteiger partial charge < -0.3 is 0 Å². The molecule has 0 fully saturated rings. The van der Waals surface area contributed by atoms with Crippen LogP contribution in [0.2, 0.25) is 0 Å². The normalized spacial score (nSPS) is 9.43. The van der Waals surface area contributed by atoms with E-state index in [2.05, 4.69) is 26.4 Å². The Kier molecular flexibility index (Phi) is 7.21. The molecule has 0 aliphatic heterocycles. The molecule has 0 aromatic rings. The molecule has 0 heterocycles. The van der Waals surface area contributed by atoms with Crippen molar-refractivity contribution in [1.82, 2.24) is 3.53 Å². The Labute approximate surface area is 57.2 Å². The lowest BCUT2D eigenvalue weighted by atomic mass is 10.3. The lowest BCUT2D eigenvalue weighted by Crippen LogP contribution is -1.99. The standard InChI is InChI=1S/C4H9FIN/c5-3-1-2-4-7-6/h7H,1-4H2. The third-order valence-corrected chi connectivity index (χ3v) is 1.19. The third kappa shape index (κ3) is 6.62. The average Bonchev–Trinajstić information content (AvgIpc) is 1.69. The van der Waals surface area contributed by atoms with Gasteiger partial charge in [0, 0.05) is 29.4 Å². The minimum Gasteiger partial charge on any atom is -0.261 e. The largest absolute Gasteiger partial charge is 0.261 e. The maximum Gasteiger partial charge on any atom is 0.0894 e. The summed E-state index contributed by atoms with van der Waals surface area (Å²) in [6.45, 7) is 0.739. The van der Waals surface area contributed by atoms with Crippen LogP contribution in [0.4, 0.5) is 4.39 Å². The van der Waals surface area contributed by atoms with E-state index >= 15 is 0 Å². The van der Waals surface area contributed by atoms with Crippen molar-refractivity contribution in [3.8, 4) is 0 Å². The van der Waals surface area contributed by atoms with E-state index in [1.54, 1.807) is 0 Å². The van der Waals surface area contributed by atoms with Crippen LogP contribution >= 0.6 is 22.9 Å². The van der Waals surface area contributed by atoms with Crippen LogP contribution in [0, 0.1) is 0 Å². The van der Waals surface area contributed by atoms with Crippen molar-refractivity contribution in [3.63, 3.8) is 0 Å². The predicted molar refractivity (Wildman–Crippen MR) is 37.2 cm³/mol. The van der Waals surface area contributed by atoms with E-state index in [4.69, 9.17) is 0 Å². The number of hydrogen-bond acceptors (Lipinski definition) is 1. The van der Waals surface area contributed by atoms with E-state index in [0.29, 0.717) is 6.42 Å². The van der Waals surface area contributed by atoms with Crippen LogP contribution in [0.3, 0.4) is 0 Å². The Hall–Kier alpha value is 0.620. The fourth-order valence-electron chi connectivity index (χ4n) is 0.286. The molecule has 0 aromatic carbocycles. The lowest BCUT2D eigenvalue weighted by Gasteiger charge is -1.90. The van der Waals surface area contributed by atoms with Gasteiger partial charge in [-0.15, -0.1) is 0 Å². The smallest absolute Gasteiger partial charge is 0.0894 e. The van der Waals surface area contributed by atoms with Crippen molar-refractivity contribution < 1.29 is 4.39 Å². The molecule has 0 saturated carbocycles. The van der Waals surface area contributed by atoms with Gasteiger partial charge in [-0.3, -0.25) is 7.92 Å². The molecule has 0 radical (unpaired) electrons. The number of nitrogens with one attached hydrogen (secondary N) is 1. The number of alkyl halides is 1.